The second-order valence-corrected chi connectivity index (χ2v) is 4.13. The van der Waals surface area contributed by atoms with E-state index in [2.05, 4.69) is 16.7 Å². The molecule has 0 fully saturated rings. The number of nitrogens with one attached hydrogen (secondary N) is 1. The van der Waals surface area contributed by atoms with Crippen molar-refractivity contribution in [3.05, 3.63) is 0 Å². The van der Waals surface area contributed by atoms with E-state index in [9.17, 15) is 0 Å². The highest BCUT2D eigenvalue weighted by Crippen LogP contribution is 1.97. The Labute approximate surface area is 90.3 Å². The zero-order chi connectivity index (χ0) is 10.6. The van der Waals surface area contributed by atoms with E-state index in [4.69, 9.17) is 10.9 Å². The first-order valence-corrected chi connectivity index (χ1v) is 6.36. The van der Waals surface area contributed by atoms with Crippen LogP contribution in [0.15, 0.2) is 5.16 Å². The number of nitrogens with two attached hydrogens (primary N) is 1. The van der Waals surface area contributed by atoms with Crippen LogP contribution >= 0.6 is 11.8 Å². The van der Waals surface area contributed by atoms with Gasteiger partial charge in [-0.15, -0.1) is 0 Å². The standard InChI is InChI=1S/C9H21N3OS/c1-14-8-3-2-6-11-7-4-5-9(10)12-13/h11,13H,2-8H2,1H3,(H2,10,12). The molecule has 0 heterocycles. The Bertz CT molecular complexity index is 153. The van der Waals surface area contributed by atoms with Crippen molar-refractivity contribution in [3.63, 3.8) is 0 Å². The second kappa shape index (κ2) is 10.7. The van der Waals surface area contributed by atoms with Crippen LogP contribution in [0.1, 0.15) is 25.7 Å². The van der Waals surface area contributed by atoms with Crippen LogP contribution < -0.4 is 11.1 Å². The molecule has 0 saturated carbocycles. The molecule has 0 atom stereocenters. The van der Waals surface area contributed by atoms with Crippen LogP contribution in [0.25, 0.3) is 0 Å². The fourth-order valence-electron chi connectivity index (χ4n) is 1.07. The maximum atomic E-state index is 8.27. The van der Waals surface area contributed by atoms with Crippen molar-refractivity contribution in [2.45, 2.75) is 25.7 Å². The SMILES string of the molecule is CSCCCCNCCCC(N)=NO. The minimum atomic E-state index is 0.314. The fourth-order valence-corrected chi connectivity index (χ4v) is 1.56. The van der Waals surface area contributed by atoms with Gasteiger partial charge in [0.1, 0.15) is 5.84 Å². The zero-order valence-electron chi connectivity index (χ0n) is 8.83. The van der Waals surface area contributed by atoms with Crippen molar-refractivity contribution < 1.29 is 5.21 Å². The van der Waals surface area contributed by atoms with Crippen molar-refractivity contribution in [2.75, 3.05) is 25.1 Å². The molecule has 0 radical (unpaired) electrons. The summed E-state index contributed by atoms with van der Waals surface area (Å²) in [6.45, 7) is 2.01. The average molecular weight is 219 g/mol. The summed E-state index contributed by atoms with van der Waals surface area (Å²) in [4.78, 5) is 0. The lowest BCUT2D eigenvalue weighted by Crippen LogP contribution is -2.19. The number of nitrogens with zero attached hydrogens (tertiary/aromatic N) is 1. The molecule has 5 heteroatoms. The molecule has 0 spiro atoms. The Balaban J connectivity index is 2.99. The molecule has 0 aromatic heterocycles. The molecule has 0 aliphatic carbocycles. The first-order valence-electron chi connectivity index (χ1n) is 4.97. The quantitative estimate of drug-likeness (QED) is 0.179. The Hall–Kier alpha value is -0.420. The van der Waals surface area contributed by atoms with Crippen LogP contribution in [0.2, 0.25) is 0 Å². The lowest BCUT2D eigenvalue weighted by Gasteiger charge is -2.03. The number of hydrogen-bond acceptors (Lipinski definition) is 4. The van der Waals surface area contributed by atoms with Crippen molar-refractivity contribution >= 4 is 17.6 Å². The summed E-state index contributed by atoms with van der Waals surface area (Å²) in [5.41, 5.74) is 5.32. The van der Waals surface area contributed by atoms with Gasteiger partial charge in [0.2, 0.25) is 0 Å². The average Bonchev–Trinajstić information content (AvgIpc) is 2.21. The third-order valence-corrected chi connectivity index (χ3v) is 2.56. The van der Waals surface area contributed by atoms with Crippen LogP contribution in [-0.2, 0) is 0 Å². The molecule has 0 aromatic carbocycles. The Morgan fingerprint density at radius 2 is 2.07 bits per heavy atom. The minimum absolute atomic E-state index is 0.314. The molecule has 0 rings (SSSR count). The van der Waals surface area contributed by atoms with Gasteiger partial charge in [0.15, 0.2) is 0 Å². The lowest BCUT2D eigenvalue weighted by molar-refractivity contribution is 0.316. The summed E-state index contributed by atoms with van der Waals surface area (Å²) < 4.78 is 0. The van der Waals surface area contributed by atoms with Gasteiger partial charge in [0.05, 0.1) is 0 Å². The maximum Gasteiger partial charge on any atom is 0.139 e. The summed E-state index contributed by atoms with van der Waals surface area (Å²) in [5, 5.41) is 14.5. The van der Waals surface area contributed by atoms with Crippen LogP contribution in [0, 0.1) is 0 Å². The molecule has 0 unspecified atom stereocenters. The van der Waals surface area contributed by atoms with Gasteiger partial charge in [0, 0.05) is 6.42 Å². The minimum Gasteiger partial charge on any atom is -0.409 e. The molecular formula is C9H21N3OS. The zero-order valence-corrected chi connectivity index (χ0v) is 9.65. The van der Waals surface area contributed by atoms with Crippen LogP contribution in [0.5, 0.6) is 0 Å². The van der Waals surface area contributed by atoms with Gasteiger partial charge in [-0.2, -0.15) is 11.8 Å². The van der Waals surface area contributed by atoms with Crippen molar-refractivity contribution in [1.82, 2.24) is 5.32 Å². The van der Waals surface area contributed by atoms with E-state index in [1.165, 1.54) is 18.6 Å². The summed E-state index contributed by atoms with van der Waals surface area (Å²) >= 11 is 1.89. The third-order valence-electron chi connectivity index (χ3n) is 1.87. The van der Waals surface area contributed by atoms with Gasteiger partial charge in [-0.05, 0) is 44.4 Å². The summed E-state index contributed by atoms with van der Waals surface area (Å²) in [5.74, 6) is 1.56. The first-order chi connectivity index (χ1) is 6.81. The molecule has 84 valence electrons. The van der Waals surface area contributed by atoms with Gasteiger partial charge in [-0.25, -0.2) is 0 Å². The summed E-state index contributed by atoms with van der Waals surface area (Å²) in [7, 11) is 0. The predicted octanol–water partition coefficient (Wildman–Crippen LogP) is 1.25. The monoisotopic (exact) mass is 219 g/mol. The smallest absolute Gasteiger partial charge is 0.139 e. The van der Waals surface area contributed by atoms with E-state index in [1.807, 2.05) is 11.8 Å². The third kappa shape index (κ3) is 9.67. The summed E-state index contributed by atoms with van der Waals surface area (Å²) in [6.07, 6.45) is 6.22. The Kier molecular flexibility index (Phi) is 10.3. The van der Waals surface area contributed by atoms with E-state index in [0.717, 1.165) is 19.5 Å². The molecule has 0 aliphatic heterocycles. The van der Waals surface area contributed by atoms with Crippen molar-refractivity contribution in [3.8, 4) is 0 Å². The van der Waals surface area contributed by atoms with Crippen LogP contribution in [0.4, 0.5) is 0 Å². The molecule has 4 nitrogen and oxygen atoms in total. The largest absolute Gasteiger partial charge is 0.409 e. The molecule has 0 saturated heterocycles. The van der Waals surface area contributed by atoms with E-state index in [0.29, 0.717) is 12.3 Å². The number of hydrogen-bond donors (Lipinski definition) is 3. The van der Waals surface area contributed by atoms with Gasteiger partial charge < -0.3 is 16.3 Å². The van der Waals surface area contributed by atoms with E-state index in [-0.39, 0.29) is 0 Å². The second-order valence-electron chi connectivity index (χ2n) is 3.14. The van der Waals surface area contributed by atoms with Crippen molar-refractivity contribution in [1.29, 1.82) is 0 Å². The number of amidine groups is 1. The first kappa shape index (κ1) is 13.6. The topological polar surface area (TPSA) is 70.6 Å². The van der Waals surface area contributed by atoms with E-state index < -0.39 is 0 Å². The van der Waals surface area contributed by atoms with Gasteiger partial charge >= 0.3 is 0 Å². The number of thioether (sulfide) groups is 1. The molecule has 14 heavy (non-hydrogen) atoms. The van der Waals surface area contributed by atoms with Gasteiger partial charge in [0.25, 0.3) is 0 Å². The normalized spacial score (nSPS) is 11.9. The molecule has 0 aromatic rings. The van der Waals surface area contributed by atoms with Crippen molar-refractivity contribution in [2.24, 2.45) is 10.9 Å². The van der Waals surface area contributed by atoms with Crippen LogP contribution in [0.3, 0.4) is 0 Å². The highest BCUT2D eigenvalue weighted by molar-refractivity contribution is 7.98. The maximum absolute atomic E-state index is 8.27. The highest BCUT2D eigenvalue weighted by atomic mass is 32.2. The molecule has 4 N–H and O–H groups in total. The molecule has 0 amide bonds. The van der Waals surface area contributed by atoms with E-state index >= 15 is 0 Å². The fraction of sp³-hybridized carbons (Fsp3) is 0.889. The Morgan fingerprint density at radius 1 is 1.36 bits per heavy atom. The number of unbranched alkanes of at least 4 members (excludes halogenated alkanes) is 1. The predicted molar refractivity (Wildman–Crippen MR) is 63.1 cm³/mol. The summed E-state index contributed by atoms with van der Waals surface area (Å²) in [6, 6.07) is 0. The Morgan fingerprint density at radius 3 is 2.71 bits per heavy atom. The van der Waals surface area contributed by atoms with Gasteiger partial charge in [-0.3, -0.25) is 0 Å². The van der Waals surface area contributed by atoms with Crippen LogP contribution in [-0.4, -0.2) is 36.1 Å². The molecule has 0 bridgehead atoms. The lowest BCUT2D eigenvalue weighted by atomic mass is 10.3. The highest BCUT2D eigenvalue weighted by Gasteiger charge is 1.93. The van der Waals surface area contributed by atoms with Gasteiger partial charge in [-0.1, -0.05) is 5.16 Å². The molecular weight excluding hydrogens is 198 g/mol. The molecule has 0 aliphatic rings. The number of rotatable bonds is 9. The van der Waals surface area contributed by atoms with E-state index in [1.54, 1.807) is 0 Å². The number of oxime groups is 1.